The van der Waals surface area contributed by atoms with Gasteiger partial charge in [0.1, 0.15) is 0 Å². The van der Waals surface area contributed by atoms with E-state index in [1.54, 1.807) is 49.4 Å². The largest absolute Gasteiger partial charge is 0.322 e. The summed E-state index contributed by atoms with van der Waals surface area (Å²) in [7, 11) is 0. The van der Waals surface area contributed by atoms with Crippen LogP contribution in [0.15, 0.2) is 64.9 Å². The first kappa shape index (κ1) is 23.4. The van der Waals surface area contributed by atoms with E-state index in [1.165, 1.54) is 11.8 Å². The number of thioether (sulfide) groups is 1. The number of hydrogen-bond acceptors (Lipinski definition) is 6. The molecular formula is C23H22ClN5O2S. The molecule has 0 aliphatic carbocycles. The van der Waals surface area contributed by atoms with Gasteiger partial charge in [0, 0.05) is 27.7 Å². The van der Waals surface area contributed by atoms with Crippen LogP contribution in [0, 0.1) is 13.8 Å². The SMILES string of the molecule is C/C(=N/NC(=O)CSc1nc(C)cc(C)n1)c1cccc(NC(=O)c2cccc(Cl)c2)c1. The summed E-state index contributed by atoms with van der Waals surface area (Å²) in [6.07, 6.45) is 0. The fraction of sp³-hybridized carbons (Fsp3) is 0.174. The van der Waals surface area contributed by atoms with Crippen LogP contribution in [0.25, 0.3) is 0 Å². The summed E-state index contributed by atoms with van der Waals surface area (Å²) >= 11 is 7.20. The van der Waals surface area contributed by atoms with Gasteiger partial charge in [-0.05, 0) is 62.7 Å². The number of nitrogens with zero attached hydrogens (tertiary/aromatic N) is 3. The van der Waals surface area contributed by atoms with Gasteiger partial charge in [0.05, 0.1) is 11.5 Å². The van der Waals surface area contributed by atoms with E-state index in [0.29, 0.717) is 27.1 Å². The monoisotopic (exact) mass is 467 g/mol. The molecule has 0 unspecified atom stereocenters. The molecule has 3 rings (SSSR count). The third-order valence-electron chi connectivity index (χ3n) is 4.27. The molecule has 0 radical (unpaired) electrons. The number of rotatable bonds is 7. The highest BCUT2D eigenvalue weighted by Gasteiger charge is 2.09. The zero-order valence-corrected chi connectivity index (χ0v) is 19.4. The van der Waals surface area contributed by atoms with Crippen molar-refractivity contribution in [3.05, 3.63) is 82.1 Å². The molecule has 0 saturated heterocycles. The van der Waals surface area contributed by atoms with Crippen molar-refractivity contribution in [3.63, 3.8) is 0 Å². The van der Waals surface area contributed by atoms with Gasteiger partial charge in [-0.15, -0.1) is 0 Å². The second-order valence-corrected chi connectivity index (χ2v) is 8.38. The topological polar surface area (TPSA) is 96.3 Å². The van der Waals surface area contributed by atoms with Crippen LogP contribution in [0.3, 0.4) is 0 Å². The number of nitrogens with one attached hydrogen (secondary N) is 2. The third-order valence-corrected chi connectivity index (χ3v) is 5.35. The first-order valence-electron chi connectivity index (χ1n) is 9.76. The molecule has 1 aromatic heterocycles. The maximum Gasteiger partial charge on any atom is 0.255 e. The smallest absolute Gasteiger partial charge is 0.255 e. The molecule has 1 heterocycles. The van der Waals surface area contributed by atoms with Crippen LogP contribution in [-0.4, -0.2) is 33.2 Å². The number of hydrazone groups is 1. The summed E-state index contributed by atoms with van der Waals surface area (Å²) in [5, 5.41) is 8.05. The average Bonchev–Trinajstić information content (AvgIpc) is 2.75. The van der Waals surface area contributed by atoms with Crippen LogP contribution in [0.1, 0.15) is 34.2 Å². The number of carbonyl (C=O) groups is 2. The van der Waals surface area contributed by atoms with Gasteiger partial charge in [0.25, 0.3) is 11.8 Å². The van der Waals surface area contributed by atoms with Crippen molar-refractivity contribution in [3.8, 4) is 0 Å². The Morgan fingerprint density at radius 3 is 2.41 bits per heavy atom. The summed E-state index contributed by atoms with van der Waals surface area (Å²) < 4.78 is 0. The summed E-state index contributed by atoms with van der Waals surface area (Å²) in [6, 6.07) is 15.8. The van der Waals surface area contributed by atoms with Gasteiger partial charge in [-0.2, -0.15) is 5.10 Å². The number of hydrogen-bond donors (Lipinski definition) is 2. The number of anilines is 1. The zero-order valence-electron chi connectivity index (χ0n) is 17.8. The Morgan fingerprint density at radius 1 is 1.00 bits per heavy atom. The van der Waals surface area contributed by atoms with Crippen LogP contribution in [0.5, 0.6) is 0 Å². The Bertz CT molecular complexity index is 1160. The molecule has 32 heavy (non-hydrogen) atoms. The summed E-state index contributed by atoms with van der Waals surface area (Å²) in [5.41, 5.74) is 6.70. The minimum Gasteiger partial charge on any atom is -0.322 e. The lowest BCUT2D eigenvalue weighted by molar-refractivity contribution is -0.118. The fourth-order valence-corrected chi connectivity index (χ4v) is 3.72. The summed E-state index contributed by atoms with van der Waals surface area (Å²) in [5.74, 6) is -0.379. The van der Waals surface area contributed by atoms with E-state index in [4.69, 9.17) is 11.6 Å². The summed E-state index contributed by atoms with van der Waals surface area (Å²) in [4.78, 5) is 33.2. The molecule has 0 fully saturated rings. The van der Waals surface area contributed by atoms with Crippen molar-refractivity contribution in [2.24, 2.45) is 5.10 Å². The lowest BCUT2D eigenvalue weighted by Crippen LogP contribution is -2.21. The highest BCUT2D eigenvalue weighted by molar-refractivity contribution is 7.99. The van der Waals surface area contributed by atoms with Crippen molar-refractivity contribution in [1.29, 1.82) is 0 Å². The number of amides is 2. The molecule has 9 heteroatoms. The molecule has 164 valence electrons. The highest BCUT2D eigenvalue weighted by Crippen LogP contribution is 2.16. The van der Waals surface area contributed by atoms with Gasteiger partial charge < -0.3 is 5.32 Å². The molecular weight excluding hydrogens is 446 g/mol. The quantitative estimate of drug-likeness (QED) is 0.228. The molecule has 2 amide bonds. The number of benzene rings is 2. The van der Waals surface area contributed by atoms with Gasteiger partial charge in [-0.3, -0.25) is 9.59 Å². The molecule has 3 aromatic rings. The van der Waals surface area contributed by atoms with Crippen molar-refractivity contribution >= 4 is 46.6 Å². The second-order valence-electron chi connectivity index (χ2n) is 7.00. The van der Waals surface area contributed by atoms with E-state index in [2.05, 4.69) is 25.8 Å². The lowest BCUT2D eigenvalue weighted by atomic mass is 10.1. The Hall–Kier alpha value is -3.23. The van der Waals surface area contributed by atoms with E-state index >= 15 is 0 Å². The van der Waals surface area contributed by atoms with Gasteiger partial charge in [-0.1, -0.05) is 41.6 Å². The molecule has 2 N–H and O–H groups in total. The average molecular weight is 468 g/mol. The number of aryl methyl sites for hydroxylation is 2. The first-order valence-corrected chi connectivity index (χ1v) is 11.1. The molecule has 0 bridgehead atoms. The van der Waals surface area contributed by atoms with Crippen LogP contribution in [0.4, 0.5) is 5.69 Å². The minimum atomic E-state index is -0.266. The molecule has 7 nitrogen and oxygen atoms in total. The predicted molar refractivity (Wildman–Crippen MR) is 128 cm³/mol. The van der Waals surface area contributed by atoms with Gasteiger partial charge in [0.15, 0.2) is 5.16 Å². The normalized spacial score (nSPS) is 11.2. The van der Waals surface area contributed by atoms with Crippen molar-refractivity contribution < 1.29 is 9.59 Å². The Morgan fingerprint density at radius 2 is 1.69 bits per heavy atom. The number of carbonyl (C=O) groups excluding carboxylic acids is 2. The third kappa shape index (κ3) is 6.90. The first-order chi connectivity index (χ1) is 15.3. The van der Waals surface area contributed by atoms with E-state index in [-0.39, 0.29) is 17.6 Å². The van der Waals surface area contributed by atoms with Gasteiger partial charge in [-0.25, -0.2) is 15.4 Å². The van der Waals surface area contributed by atoms with Crippen molar-refractivity contribution in [1.82, 2.24) is 15.4 Å². The van der Waals surface area contributed by atoms with E-state index < -0.39 is 0 Å². The van der Waals surface area contributed by atoms with Gasteiger partial charge >= 0.3 is 0 Å². The number of halogens is 1. The summed E-state index contributed by atoms with van der Waals surface area (Å²) in [6.45, 7) is 5.55. The minimum absolute atomic E-state index is 0.148. The second kappa shape index (κ2) is 10.9. The van der Waals surface area contributed by atoms with Gasteiger partial charge in [0.2, 0.25) is 0 Å². The Labute approximate surface area is 195 Å². The van der Waals surface area contributed by atoms with Crippen LogP contribution in [0.2, 0.25) is 5.02 Å². The van der Waals surface area contributed by atoms with Crippen LogP contribution < -0.4 is 10.7 Å². The van der Waals surface area contributed by atoms with Crippen LogP contribution >= 0.6 is 23.4 Å². The Balaban J connectivity index is 1.58. The maximum absolute atomic E-state index is 12.4. The van der Waals surface area contributed by atoms with E-state index in [0.717, 1.165) is 17.0 Å². The molecule has 0 spiro atoms. The van der Waals surface area contributed by atoms with Crippen LogP contribution in [-0.2, 0) is 4.79 Å². The molecule has 0 atom stereocenters. The molecule has 0 saturated carbocycles. The van der Waals surface area contributed by atoms with Crippen molar-refractivity contribution in [2.45, 2.75) is 25.9 Å². The van der Waals surface area contributed by atoms with Crippen molar-refractivity contribution in [2.75, 3.05) is 11.1 Å². The maximum atomic E-state index is 12.4. The zero-order chi connectivity index (χ0) is 23.1. The lowest BCUT2D eigenvalue weighted by Gasteiger charge is -2.08. The van der Waals surface area contributed by atoms with E-state index in [9.17, 15) is 9.59 Å². The standard InChI is InChI=1S/C23H22ClN5O2S/c1-14-10-15(2)26-23(25-14)32-13-21(30)29-28-16(3)17-6-5-9-20(12-17)27-22(31)18-7-4-8-19(24)11-18/h4-12H,13H2,1-3H3,(H,27,31)(H,29,30)/b28-16-. The molecule has 0 aliphatic rings. The number of aromatic nitrogens is 2. The predicted octanol–water partition coefficient (Wildman–Crippen LogP) is 4.63. The fourth-order valence-electron chi connectivity index (χ4n) is 2.79. The van der Waals surface area contributed by atoms with E-state index in [1.807, 2.05) is 26.0 Å². The molecule has 2 aromatic carbocycles. The molecule has 0 aliphatic heterocycles. The highest BCUT2D eigenvalue weighted by atomic mass is 35.5. The Kier molecular flexibility index (Phi) is 7.97.